The number of thiazole rings is 1. The number of rotatable bonds is 5. The minimum atomic E-state index is -0.775. The average molecular weight is 306 g/mol. The van der Waals surface area contributed by atoms with Crippen molar-refractivity contribution in [2.75, 3.05) is 6.54 Å². The van der Waals surface area contributed by atoms with Gasteiger partial charge in [0.25, 0.3) is 0 Å². The van der Waals surface area contributed by atoms with Crippen LogP contribution in [-0.4, -0.2) is 37.3 Å². The van der Waals surface area contributed by atoms with E-state index in [9.17, 15) is 4.79 Å². The number of carbonyl (C=O) groups is 1. The number of aromatic nitrogens is 3. The second kappa shape index (κ2) is 5.95. The lowest BCUT2D eigenvalue weighted by Crippen LogP contribution is -2.33. The molecule has 0 amide bonds. The molecule has 2 aromatic rings. The number of aryl methyl sites for hydroxylation is 2. The van der Waals surface area contributed by atoms with Crippen molar-refractivity contribution in [1.82, 2.24) is 19.7 Å². The molecule has 0 saturated heterocycles. The third-order valence-corrected chi connectivity index (χ3v) is 4.65. The Bertz CT molecular complexity index is 649. The molecule has 0 atom stereocenters. The molecule has 0 saturated carbocycles. The van der Waals surface area contributed by atoms with E-state index in [0.29, 0.717) is 6.42 Å². The highest BCUT2D eigenvalue weighted by Crippen LogP contribution is 2.20. The maximum atomic E-state index is 10.6. The molecule has 0 aromatic carbocycles. The van der Waals surface area contributed by atoms with Crippen LogP contribution in [0, 0.1) is 6.92 Å². The molecule has 21 heavy (non-hydrogen) atoms. The standard InChI is InChI=1S/C14H18N4O2S/c1-10-13(21-9-15-10)8-17-4-5-18-12(7-17)6-11(16-18)2-3-14(19)20/h6,9H,2-5,7-8H2,1H3,(H,19,20). The maximum absolute atomic E-state index is 10.6. The first-order valence-corrected chi connectivity index (χ1v) is 7.88. The van der Waals surface area contributed by atoms with Gasteiger partial charge in [-0.3, -0.25) is 14.4 Å². The summed E-state index contributed by atoms with van der Waals surface area (Å²) in [6, 6.07) is 2.04. The van der Waals surface area contributed by atoms with E-state index in [1.54, 1.807) is 11.3 Å². The normalized spacial score (nSPS) is 15.1. The highest BCUT2D eigenvalue weighted by Gasteiger charge is 2.19. The molecule has 2 aromatic heterocycles. The molecule has 0 spiro atoms. The fourth-order valence-electron chi connectivity index (χ4n) is 2.55. The molecular formula is C14H18N4O2S. The molecule has 7 heteroatoms. The van der Waals surface area contributed by atoms with Gasteiger partial charge < -0.3 is 5.11 Å². The van der Waals surface area contributed by atoms with E-state index in [0.717, 1.165) is 37.6 Å². The van der Waals surface area contributed by atoms with Gasteiger partial charge in [0.15, 0.2) is 0 Å². The first-order chi connectivity index (χ1) is 10.1. The number of hydrogen-bond donors (Lipinski definition) is 1. The van der Waals surface area contributed by atoms with Gasteiger partial charge in [-0.1, -0.05) is 0 Å². The van der Waals surface area contributed by atoms with E-state index in [-0.39, 0.29) is 6.42 Å². The number of hydrogen-bond acceptors (Lipinski definition) is 5. The summed E-state index contributed by atoms with van der Waals surface area (Å²) in [4.78, 5) is 18.6. The summed E-state index contributed by atoms with van der Waals surface area (Å²) < 4.78 is 2.01. The van der Waals surface area contributed by atoms with Crippen LogP contribution >= 0.6 is 11.3 Å². The summed E-state index contributed by atoms with van der Waals surface area (Å²) in [5.74, 6) is -0.775. The second-order valence-electron chi connectivity index (χ2n) is 5.32. The monoisotopic (exact) mass is 306 g/mol. The van der Waals surface area contributed by atoms with E-state index in [2.05, 4.69) is 15.0 Å². The van der Waals surface area contributed by atoms with Crippen LogP contribution < -0.4 is 0 Å². The maximum Gasteiger partial charge on any atom is 0.303 e. The summed E-state index contributed by atoms with van der Waals surface area (Å²) in [5, 5.41) is 13.2. The molecular weight excluding hydrogens is 288 g/mol. The first-order valence-electron chi connectivity index (χ1n) is 7.00. The van der Waals surface area contributed by atoms with Crippen LogP contribution in [0.15, 0.2) is 11.6 Å². The number of carboxylic acid groups (broad SMARTS) is 1. The SMILES string of the molecule is Cc1ncsc1CN1CCn2nc(CCC(=O)O)cc2C1. The van der Waals surface area contributed by atoms with Crippen molar-refractivity contribution < 1.29 is 9.90 Å². The van der Waals surface area contributed by atoms with Crippen molar-refractivity contribution in [2.45, 2.75) is 39.4 Å². The molecule has 112 valence electrons. The van der Waals surface area contributed by atoms with Crippen molar-refractivity contribution in [3.8, 4) is 0 Å². The zero-order chi connectivity index (χ0) is 14.8. The Morgan fingerprint density at radius 3 is 3.05 bits per heavy atom. The second-order valence-corrected chi connectivity index (χ2v) is 6.25. The van der Waals surface area contributed by atoms with Crippen molar-refractivity contribution in [3.05, 3.63) is 33.5 Å². The fourth-order valence-corrected chi connectivity index (χ4v) is 3.37. The Morgan fingerprint density at radius 1 is 1.48 bits per heavy atom. The smallest absolute Gasteiger partial charge is 0.303 e. The minimum Gasteiger partial charge on any atom is -0.481 e. The highest BCUT2D eigenvalue weighted by molar-refractivity contribution is 7.09. The van der Waals surface area contributed by atoms with Crippen LogP contribution in [0.1, 0.15) is 28.4 Å². The highest BCUT2D eigenvalue weighted by atomic mass is 32.1. The van der Waals surface area contributed by atoms with E-state index >= 15 is 0 Å². The lowest BCUT2D eigenvalue weighted by atomic mass is 10.2. The Labute approximate surface area is 127 Å². The molecule has 6 nitrogen and oxygen atoms in total. The van der Waals surface area contributed by atoms with Gasteiger partial charge in [-0.2, -0.15) is 5.10 Å². The number of aliphatic carboxylic acids is 1. The van der Waals surface area contributed by atoms with Crippen molar-refractivity contribution in [3.63, 3.8) is 0 Å². The van der Waals surface area contributed by atoms with E-state index in [4.69, 9.17) is 5.11 Å². The predicted molar refractivity (Wildman–Crippen MR) is 79.1 cm³/mol. The Kier molecular flexibility index (Phi) is 4.03. The molecule has 0 radical (unpaired) electrons. The summed E-state index contributed by atoms with van der Waals surface area (Å²) in [6.45, 7) is 5.65. The Hall–Kier alpha value is -1.73. The molecule has 1 aliphatic rings. The van der Waals surface area contributed by atoms with Crippen LogP contribution in [-0.2, 0) is 30.8 Å². The van der Waals surface area contributed by atoms with Gasteiger partial charge in [-0.25, -0.2) is 4.98 Å². The largest absolute Gasteiger partial charge is 0.481 e. The lowest BCUT2D eigenvalue weighted by molar-refractivity contribution is -0.136. The molecule has 1 N–H and O–H groups in total. The van der Waals surface area contributed by atoms with Gasteiger partial charge in [0.05, 0.1) is 35.6 Å². The molecule has 1 aliphatic heterocycles. The van der Waals surface area contributed by atoms with Gasteiger partial charge in [0.2, 0.25) is 0 Å². The zero-order valence-corrected chi connectivity index (χ0v) is 12.8. The molecule has 0 unspecified atom stereocenters. The quantitative estimate of drug-likeness (QED) is 0.910. The van der Waals surface area contributed by atoms with Crippen molar-refractivity contribution in [1.29, 1.82) is 0 Å². The Morgan fingerprint density at radius 2 is 2.33 bits per heavy atom. The number of carboxylic acids is 1. The predicted octanol–water partition coefficient (Wildman–Crippen LogP) is 1.68. The molecule has 0 fully saturated rings. The van der Waals surface area contributed by atoms with Crippen LogP contribution in [0.3, 0.4) is 0 Å². The Balaban J connectivity index is 1.65. The van der Waals surface area contributed by atoms with Crippen LogP contribution in [0.2, 0.25) is 0 Å². The topological polar surface area (TPSA) is 71.2 Å². The van der Waals surface area contributed by atoms with Crippen LogP contribution in [0.5, 0.6) is 0 Å². The van der Waals surface area contributed by atoms with Gasteiger partial charge >= 0.3 is 5.97 Å². The minimum absolute atomic E-state index is 0.139. The van der Waals surface area contributed by atoms with Gasteiger partial charge in [-0.05, 0) is 13.0 Å². The third kappa shape index (κ3) is 3.30. The van der Waals surface area contributed by atoms with Gasteiger partial charge in [0.1, 0.15) is 0 Å². The number of nitrogens with zero attached hydrogens (tertiary/aromatic N) is 4. The van der Waals surface area contributed by atoms with E-state index in [1.165, 1.54) is 10.6 Å². The van der Waals surface area contributed by atoms with Crippen LogP contribution in [0.4, 0.5) is 0 Å². The van der Waals surface area contributed by atoms with Crippen LogP contribution in [0.25, 0.3) is 0 Å². The number of fused-ring (bicyclic) bond motifs is 1. The molecule has 0 bridgehead atoms. The first kappa shape index (κ1) is 14.2. The summed E-state index contributed by atoms with van der Waals surface area (Å²) in [7, 11) is 0. The summed E-state index contributed by atoms with van der Waals surface area (Å²) in [5.41, 5.74) is 5.05. The van der Waals surface area contributed by atoms with E-state index in [1.807, 2.05) is 23.2 Å². The molecule has 3 rings (SSSR count). The zero-order valence-electron chi connectivity index (χ0n) is 11.9. The summed E-state index contributed by atoms with van der Waals surface area (Å²) >= 11 is 1.70. The third-order valence-electron chi connectivity index (χ3n) is 3.73. The van der Waals surface area contributed by atoms with Gasteiger partial charge in [-0.15, -0.1) is 11.3 Å². The van der Waals surface area contributed by atoms with Crippen molar-refractivity contribution >= 4 is 17.3 Å². The van der Waals surface area contributed by atoms with Crippen molar-refractivity contribution in [2.24, 2.45) is 0 Å². The molecule has 3 heterocycles. The molecule has 0 aliphatic carbocycles. The summed E-state index contributed by atoms with van der Waals surface area (Å²) in [6.07, 6.45) is 0.642. The van der Waals surface area contributed by atoms with Gasteiger partial charge in [0, 0.05) is 30.9 Å². The average Bonchev–Trinajstić information content (AvgIpc) is 3.03. The fraction of sp³-hybridized carbons (Fsp3) is 0.500. The lowest BCUT2D eigenvalue weighted by Gasteiger charge is -2.27. The van der Waals surface area contributed by atoms with E-state index < -0.39 is 5.97 Å².